The second-order valence-electron chi connectivity index (χ2n) is 3.49. The average Bonchev–Trinajstić information content (AvgIpc) is 2.42. The van der Waals surface area contributed by atoms with Crippen molar-refractivity contribution in [2.75, 3.05) is 0 Å². The van der Waals surface area contributed by atoms with Gasteiger partial charge in [-0.25, -0.2) is 8.78 Å². The van der Waals surface area contributed by atoms with Crippen LogP contribution in [-0.2, 0) is 7.05 Å². The van der Waals surface area contributed by atoms with E-state index in [4.69, 9.17) is 11.6 Å². The van der Waals surface area contributed by atoms with Gasteiger partial charge in [0.1, 0.15) is 5.15 Å². The highest BCUT2D eigenvalue weighted by molar-refractivity contribution is 6.33. The maximum Gasteiger partial charge on any atom is 0.300 e. The molecule has 1 heterocycles. The van der Waals surface area contributed by atoms with Gasteiger partial charge in [-0.1, -0.05) is 25.4 Å². The Morgan fingerprint density at radius 2 is 2.00 bits per heavy atom. The van der Waals surface area contributed by atoms with Gasteiger partial charge in [-0.3, -0.25) is 9.48 Å². The minimum absolute atomic E-state index is 0.0380. The van der Waals surface area contributed by atoms with Crippen molar-refractivity contribution < 1.29 is 13.6 Å². The molecule has 0 atom stereocenters. The molecule has 0 fully saturated rings. The lowest BCUT2D eigenvalue weighted by Crippen LogP contribution is -2.12. The third-order valence-electron chi connectivity index (χ3n) is 2.00. The van der Waals surface area contributed by atoms with E-state index in [1.165, 1.54) is 11.7 Å². The highest BCUT2D eigenvalue weighted by atomic mass is 35.5. The molecular formula is C9H11ClF2N2O. The third kappa shape index (κ3) is 2.17. The van der Waals surface area contributed by atoms with E-state index in [0.29, 0.717) is 5.69 Å². The lowest BCUT2D eigenvalue weighted by atomic mass is 10.0. The lowest BCUT2D eigenvalue weighted by Gasteiger charge is -2.03. The van der Waals surface area contributed by atoms with Crippen LogP contribution in [0.25, 0.3) is 0 Å². The number of halogens is 3. The van der Waals surface area contributed by atoms with Crippen LogP contribution in [0.2, 0.25) is 5.15 Å². The Morgan fingerprint density at radius 1 is 1.47 bits per heavy atom. The van der Waals surface area contributed by atoms with Gasteiger partial charge in [-0.2, -0.15) is 5.10 Å². The Hall–Kier alpha value is -0.970. The molecule has 15 heavy (non-hydrogen) atoms. The molecule has 3 nitrogen and oxygen atoms in total. The van der Waals surface area contributed by atoms with E-state index in [0.717, 1.165) is 0 Å². The summed E-state index contributed by atoms with van der Waals surface area (Å²) in [5.74, 6) is -1.39. The molecule has 1 aromatic heterocycles. The van der Waals surface area contributed by atoms with Crippen LogP contribution in [0, 0.1) is 0 Å². The van der Waals surface area contributed by atoms with E-state index in [9.17, 15) is 13.6 Å². The number of rotatable bonds is 3. The molecule has 0 N–H and O–H groups in total. The van der Waals surface area contributed by atoms with E-state index in [1.807, 2.05) is 0 Å². The molecule has 0 unspecified atom stereocenters. The second kappa shape index (κ2) is 4.26. The van der Waals surface area contributed by atoms with Crippen LogP contribution < -0.4 is 0 Å². The minimum atomic E-state index is -3.05. The van der Waals surface area contributed by atoms with Crippen LogP contribution in [0.15, 0.2) is 0 Å². The Morgan fingerprint density at radius 3 is 2.40 bits per heavy atom. The van der Waals surface area contributed by atoms with Crippen LogP contribution in [-0.4, -0.2) is 22.0 Å². The number of hydrogen-bond acceptors (Lipinski definition) is 2. The number of Topliss-reactive ketones (excluding diaryl/α,β-unsaturated/α-hetero) is 1. The summed E-state index contributed by atoms with van der Waals surface area (Å²) in [4.78, 5) is 11.2. The molecule has 1 aromatic rings. The van der Waals surface area contributed by atoms with Crippen molar-refractivity contribution >= 4 is 17.4 Å². The maximum atomic E-state index is 12.3. The second-order valence-corrected chi connectivity index (χ2v) is 3.85. The number of carbonyl (C=O) groups is 1. The van der Waals surface area contributed by atoms with Crippen molar-refractivity contribution in [3.05, 3.63) is 16.4 Å². The van der Waals surface area contributed by atoms with Crippen molar-refractivity contribution in [3.8, 4) is 0 Å². The number of aryl methyl sites for hydroxylation is 1. The van der Waals surface area contributed by atoms with Gasteiger partial charge in [0, 0.05) is 7.05 Å². The smallest absolute Gasteiger partial charge is 0.288 e. The Bertz CT molecular complexity index is 388. The molecule has 0 saturated carbocycles. The minimum Gasteiger partial charge on any atom is -0.288 e. The third-order valence-corrected chi connectivity index (χ3v) is 2.43. The number of hydrogen-bond donors (Lipinski definition) is 0. The van der Waals surface area contributed by atoms with Gasteiger partial charge in [0.15, 0.2) is 0 Å². The maximum absolute atomic E-state index is 12.3. The van der Waals surface area contributed by atoms with Crippen LogP contribution in [0.5, 0.6) is 0 Å². The van der Waals surface area contributed by atoms with E-state index in [-0.39, 0.29) is 16.6 Å². The monoisotopic (exact) mass is 236 g/mol. The number of aromatic nitrogens is 2. The lowest BCUT2D eigenvalue weighted by molar-refractivity contribution is 0.0677. The molecule has 0 aliphatic heterocycles. The molecule has 84 valence electrons. The number of alkyl halides is 2. The van der Waals surface area contributed by atoms with Crippen LogP contribution >= 0.6 is 11.6 Å². The van der Waals surface area contributed by atoms with Gasteiger partial charge in [-0.15, -0.1) is 0 Å². The van der Waals surface area contributed by atoms with Crippen LogP contribution in [0.1, 0.15) is 35.8 Å². The number of ketones is 1. The fourth-order valence-electron chi connectivity index (χ4n) is 1.26. The summed E-state index contributed by atoms with van der Waals surface area (Å²) in [5.41, 5.74) is 0.150. The topological polar surface area (TPSA) is 34.9 Å². The molecular weight excluding hydrogens is 226 g/mol. The van der Waals surface area contributed by atoms with Crippen molar-refractivity contribution in [3.63, 3.8) is 0 Å². The number of nitrogens with zero attached hydrogens (tertiary/aromatic N) is 2. The summed E-state index contributed by atoms with van der Waals surface area (Å²) in [6.07, 6.45) is -3.05. The Labute approximate surface area is 91.0 Å². The fourth-order valence-corrected chi connectivity index (χ4v) is 1.49. The zero-order chi connectivity index (χ0) is 11.7. The summed E-state index contributed by atoms with van der Waals surface area (Å²) < 4.78 is 25.8. The van der Waals surface area contributed by atoms with E-state index < -0.39 is 12.2 Å². The first-order valence-electron chi connectivity index (χ1n) is 4.41. The van der Waals surface area contributed by atoms with Gasteiger partial charge in [0.25, 0.3) is 0 Å². The molecule has 1 rings (SSSR count). The summed E-state index contributed by atoms with van der Waals surface area (Å²) in [6, 6.07) is 0. The van der Waals surface area contributed by atoms with E-state index in [2.05, 4.69) is 5.10 Å². The molecule has 0 radical (unpaired) electrons. The first-order valence-corrected chi connectivity index (χ1v) is 4.78. The fraction of sp³-hybridized carbons (Fsp3) is 0.556. The molecule has 0 aliphatic carbocycles. The van der Waals surface area contributed by atoms with Crippen molar-refractivity contribution in [1.82, 2.24) is 9.78 Å². The average molecular weight is 237 g/mol. The van der Waals surface area contributed by atoms with Gasteiger partial charge >= 0.3 is 6.43 Å². The summed E-state index contributed by atoms with van der Waals surface area (Å²) in [6.45, 7) is 3.53. The van der Waals surface area contributed by atoms with Crippen molar-refractivity contribution in [2.24, 2.45) is 7.05 Å². The van der Waals surface area contributed by atoms with E-state index >= 15 is 0 Å². The van der Waals surface area contributed by atoms with Crippen molar-refractivity contribution in [1.29, 1.82) is 0 Å². The van der Waals surface area contributed by atoms with Gasteiger partial charge < -0.3 is 0 Å². The molecule has 6 heteroatoms. The summed E-state index contributed by atoms with van der Waals surface area (Å²) in [7, 11) is 1.51. The highest BCUT2D eigenvalue weighted by Crippen LogP contribution is 2.27. The number of carbonyl (C=O) groups excluding carboxylic acids is 1. The predicted octanol–water partition coefficient (Wildman–Crippen LogP) is 2.64. The molecule has 0 aliphatic rings. The predicted molar refractivity (Wildman–Crippen MR) is 52.6 cm³/mol. The molecule has 0 amide bonds. The largest absolute Gasteiger partial charge is 0.300 e. The van der Waals surface area contributed by atoms with Gasteiger partial charge in [0.2, 0.25) is 5.78 Å². The molecule has 0 spiro atoms. The first-order chi connectivity index (χ1) is 6.86. The highest BCUT2D eigenvalue weighted by Gasteiger charge is 2.28. The molecule has 0 bridgehead atoms. The zero-order valence-electron chi connectivity index (χ0n) is 8.59. The normalized spacial score (nSPS) is 11.5. The Balaban J connectivity index is 3.31. The summed E-state index contributed by atoms with van der Waals surface area (Å²) >= 11 is 5.74. The van der Waals surface area contributed by atoms with E-state index in [1.54, 1.807) is 13.8 Å². The zero-order valence-corrected chi connectivity index (χ0v) is 9.35. The first kappa shape index (κ1) is 12.1. The quantitative estimate of drug-likeness (QED) is 0.757. The van der Waals surface area contributed by atoms with Crippen LogP contribution in [0.4, 0.5) is 8.78 Å². The molecule has 0 saturated heterocycles. The van der Waals surface area contributed by atoms with Crippen molar-refractivity contribution in [2.45, 2.75) is 26.2 Å². The van der Waals surface area contributed by atoms with Gasteiger partial charge in [0.05, 0.1) is 11.3 Å². The SMILES string of the molecule is CC(C)c1nn(C)c(Cl)c1C(=O)C(F)F. The Kier molecular flexibility index (Phi) is 3.44. The summed E-state index contributed by atoms with van der Waals surface area (Å²) in [5, 5.41) is 3.91. The standard InChI is InChI=1S/C9H11ClF2N2O/c1-4(2)6-5(7(15)9(11)12)8(10)14(3)13-6/h4,9H,1-3H3. The van der Waals surface area contributed by atoms with Crippen LogP contribution in [0.3, 0.4) is 0 Å². The van der Waals surface area contributed by atoms with Gasteiger partial charge in [-0.05, 0) is 5.92 Å². The molecule has 0 aromatic carbocycles.